The van der Waals surface area contributed by atoms with Crippen LogP contribution in [0.3, 0.4) is 0 Å². The van der Waals surface area contributed by atoms with Crippen LogP contribution in [-0.4, -0.2) is 11.7 Å². The van der Waals surface area contributed by atoms with Gasteiger partial charge in [0.25, 0.3) is 0 Å². The Kier molecular flexibility index (Phi) is 4.85. The summed E-state index contributed by atoms with van der Waals surface area (Å²) in [6, 6.07) is 7.80. The van der Waals surface area contributed by atoms with E-state index in [1.165, 1.54) is 12.1 Å². The molecule has 3 nitrogen and oxygen atoms in total. The van der Waals surface area contributed by atoms with Gasteiger partial charge < -0.3 is 5.32 Å². The van der Waals surface area contributed by atoms with Crippen molar-refractivity contribution in [2.24, 2.45) is 0 Å². The lowest BCUT2D eigenvalue weighted by atomic mass is 10.1. The Morgan fingerprint density at radius 2 is 1.90 bits per heavy atom. The summed E-state index contributed by atoms with van der Waals surface area (Å²) in [5.74, 6) is -0.903. The summed E-state index contributed by atoms with van der Waals surface area (Å²) in [4.78, 5) is 25.9. The average Bonchev–Trinajstić information content (AvgIpc) is 2.78. The average molecular weight is 305 g/mol. The van der Waals surface area contributed by atoms with Gasteiger partial charge in [0, 0.05) is 28.2 Å². The number of para-hydroxylation sites is 1. The number of halogens is 1. The molecule has 1 N–H and O–H groups in total. The van der Waals surface area contributed by atoms with E-state index in [0.29, 0.717) is 5.56 Å². The molecular formula is C16H16FNO2S. The molecule has 1 amide bonds. The molecule has 110 valence electrons. The quantitative estimate of drug-likeness (QED) is 0.845. The first-order valence-corrected chi connectivity index (χ1v) is 7.43. The number of hydrogen-bond donors (Lipinski definition) is 1. The van der Waals surface area contributed by atoms with Crippen LogP contribution in [0.15, 0.2) is 30.3 Å². The van der Waals surface area contributed by atoms with Gasteiger partial charge in [-0.15, -0.1) is 11.3 Å². The molecule has 0 unspecified atom stereocenters. The van der Waals surface area contributed by atoms with Crippen LogP contribution in [0.4, 0.5) is 10.1 Å². The molecule has 1 aromatic carbocycles. The molecule has 0 aliphatic rings. The van der Waals surface area contributed by atoms with E-state index in [2.05, 4.69) is 5.32 Å². The molecule has 21 heavy (non-hydrogen) atoms. The number of hydrogen-bond acceptors (Lipinski definition) is 3. The minimum Gasteiger partial charge on any atom is -0.324 e. The van der Waals surface area contributed by atoms with Crippen LogP contribution < -0.4 is 5.32 Å². The van der Waals surface area contributed by atoms with Crippen LogP contribution in [0.25, 0.3) is 0 Å². The van der Waals surface area contributed by atoms with Crippen molar-refractivity contribution >= 4 is 28.7 Å². The second kappa shape index (κ2) is 6.63. The number of thiophene rings is 1. The van der Waals surface area contributed by atoms with Gasteiger partial charge in [0.05, 0.1) is 5.69 Å². The lowest BCUT2D eigenvalue weighted by Gasteiger charge is -2.05. The van der Waals surface area contributed by atoms with Crippen molar-refractivity contribution in [2.45, 2.75) is 26.7 Å². The SMILES string of the molecule is Cc1cc(C(=O)CCC(=O)Nc2ccccc2F)c(C)s1. The molecule has 0 fully saturated rings. The molecule has 0 spiro atoms. The Morgan fingerprint density at radius 1 is 1.19 bits per heavy atom. The first kappa shape index (κ1) is 15.4. The molecule has 0 aliphatic carbocycles. The van der Waals surface area contributed by atoms with Crippen LogP contribution in [-0.2, 0) is 4.79 Å². The third-order valence-corrected chi connectivity index (χ3v) is 4.03. The highest BCUT2D eigenvalue weighted by atomic mass is 32.1. The van der Waals surface area contributed by atoms with Crippen LogP contribution in [0, 0.1) is 19.7 Å². The summed E-state index contributed by atoms with van der Waals surface area (Å²) < 4.78 is 13.4. The van der Waals surface area contributed by atoms with E-state index in [1.807, 2.05) is 19.9 Å². The molecule has 1 aromatic heterocycles. The molecule has 0 atom stereocenters. The maximum absolute atomic E-state index is 13.4. The second-order valence-electron chi connectivity index (χ2n) is 4.78. The van der Waals surface area contributed by atoms with Gasteiger partial charge >= 0.3 is 0 Å². The normalized spacial score (nSPS) is 10.4. The van der Waals surface area contributed by atoms with E-state index >= 15 is 0 Å². The highest BCUT2D eigenvalue weighted by Crippen LogP contribution is 2.22. The fourth-order valence-electron chi connectivity index (χ4n) is 2.04. The number of rotatable bonds is 5. The van der Waals surface area contributed by atoms with Crippen molar-refractivity contribution in [3.05, 3.63) is 51.5 Å². The Balaban J connectivity index is 1.91. The lowest BCUT2D eigenvalue weighted by molar-refractivity contribution is -0.116. The van der Waals surface area contributed by atoms with Crippen LogP contribution >= 0.6 is 11.3 Å². The fraction of sp³-hybridized carbons (Fsp3) is 0.250. The number of Topliss-reactive ketones (excluding diaryl/α,β-unsaturated/α-hetero) is 1. The van der Waals surface area contributed by atoms with Gasteiger partial charge in [-0.2, -0.15) is 0 Å². The highest BCUT2D eigenvalue weighted by molar-refractivity contribution is 7.12. The standard InChI is InChI=1S/C16H16FNO2S/c1-10-9-12(11(2)21-10)15(19)7-8-16(20)18-14-6-4-3-5-13(14)17/h3-6,9H,7-8H2,1-2H3,(H,18,20). The molecule has 0 bridgehead atoms. The largest absolute Gasteiger partial charge is 0.324 e. The van der Waals surface area contributed by atoms with Gasteiger partial charge in [0.2, 0.25) is 5.91 Å². The predicted octanol–water partition coefficient (Wildman–Crippen LogP) is 4.11. The number of nitrogens with one attached hydrogen (secondary N) is 1. The van der Waals surface area contributed by atoms with Crippen LogP contribution in [0.1, 0.15) is 33.0 Å². The van der Waals surface area contributed by atoms with E-state index in [9.17, 15) is 14.0 Å². The first-order valence-electron chi connectivity index (χ1n) is 6.62. The second-order valence-corrected chi connectivity index (χ2v) is 6.24. The number of amides is 1. The summed E-state index contributed by atoms with van der Waals surface area (Å²) in [6.45, 7) is 3.84. The van der Waals surface area contributed by atoms with E-state index in [4.69, 9.17) is 0 Å². The Morgan fingerprint density at radius 3 is 2.52 bits per heavy atom. The minimum absolute atomic E-state index is 0.0432. The van der Waals surface area contributed by atoms with Crippen LogP contribution in [0.5, 0.6) is 0 Å². The Labute approximate surface area is 126 Å². The minimum atomic E-state index is -0.485. The summed E-state index contributed by atoms with van der Waals surface area (Å²) in [7, 11) is 0. The number of aryl methyl sites for hydroxylation is 2. The van der Waals surface area contributed by atoms with E-state index in [0.717, 1.165) is 9.75 Å². The Bertz CT molecular complexity index is 679. The van der Waals surface area contributed by atoms with Crippen molar-refractivity contribution in [1.82, 2.24) is 0 Å². The molecule has 2 aromatic rings. The maximum atomic E-state index is 13.4. The smallest absolute Gasteiger partial charge is 0.224 e. The molecule has 5 heteroatoms. The van der Waals surface area contributed by atoms with Gasteiger partial charge in [-0.05, 0) is 32.0 Å². The summed E-state index contributed by atoms with van der Waals surface area (Å²) in [5.41, 5.74) is 0.814. The van der Waals surface area contributed by atoms with Gasteiger partial charge in [0.1, 0.15) is 5.82 Å². The monoisotopic (exact) mass is 305 g/mol. The van der Waals surface area contributed by atoms with E-state index < -0.39 is 5.82 Å². The zero-order chi connectivity index (χ0) is 15.4. The van der Waals surface area contributed by atoms with Crippen molar-refractivity contribution in [3.63, 3.8) is 0 Å². The summed E-state index contributed by atoms with van der Waals surface area (Å²) >= 11 is 1.57. The zero-order valence-corrected chi connectivity index (χ0v) is 12.7. The number of carbonyl (C=O) groups is 2. The van der Waals surface area contributed by atoms with Crippen molar-refractivity contribution in [3.8, 4) is 0 Å². The summed E-state index contributed by atoms with van der Waals surface area (Å²) in [5, 5.41) is 2.47. The number of carbonyl (C=O) groups excluding carboxylic acids is 2. The van der Waals surface area contributed by atoms with Crippen molar-refractivity contribution < 1.29 is 14.0 Å². The highest BCUT2D eigenvalue weighted by Gasteiger charge is 2.14. The molecule has 0 saturated heterocycles. The van der Waals surface area contributed by atoms with E-state index in [1.54, 1.807) is 23.5 Å². The van der Waals surface area contributed by atoms with Gasteiger partial charge in [-0.25, -0.2) is 4.39 Å². The van der Waals surface area contributed by atoms with Gasteiger partial charge in [0.15, 0.2) is 5.78 Å². The van der Waals surface area contributed by atoms with Gasteiger partial charge in [-0.3, -0.25) is 9.59 Å². The molecule has 0 radical (unpaired) electrons. The summed E-state index contributed by atoms with van der Waals surface area (Å²) in [6.07, 6.45) is 0.165. The molecular weight excluding hydrogens is 289 g/mol. The zero-order valence-electron chi connectivity index (χ0n) is 11.9. The third kappa shape index (κ3) is 3.98. The third-order valence-electron chi connectivity index (χ3n) is 3.07. The molecule has 0 aliphatic heterocycles. The molecule has 2 rings (SSSR count). The first-order chi connectivity index (χ1) is 9.97. The van der Waals surface area contributed by atoms with E-state index in [-0.39, 0.29) is 30.2 Å². The number of ketones is 1. The molecule has 0 saturated carbocycles. The lowest BCUT2D eigenvalue weighted by Crippen LogP contribution is -2.14. The topological polar surface area (TPSA) is 46.2 Å². The fourth-order valence-corrected chi connectivity index (χ4v) is 2.99. The van der Waals surface area contributed by atoms with Crippen molar-refractivity contribution in [1.29, 1.82) is 0 Å². The van der Waals surface area contributed by atoms with Crippen molar-refractivity contribution in [2.75, 3.05) is 5.32 Å². The Hall–Kier alpha value is -2.01. The maximum Gasteiger partial charge on any atom is 0.224 e. The number of benzene rings is 1. The predicted molar refractivity (Wildman–Crippen MR) is 82.4 cm³/mol. The van der Waals surface area contributed by atoms with Gasteiger partial charge in [-0.1, -0.05) is 12.1 Å². The molecule has 1 heterocycles. The number of anilines is 1. The van der Waals surface area contributed by atoms with Crippen LogP contribution in [0.2, 0.25) is 0 Å².